The summed E-state index contributed by atoms with van der Waals surface area (Å²) in [5.41, 5.74) is 0. The predicted octanol–water partition coefficient (Wildman–Crippen LogP) is 0.986. The van der Waals surface area contributed by atoms with Crippen molar-refractivity contribution in [1.82, 2.24) is 0 Å². The summed E-state index contributed by atoms with van der Waals surface area (Å²) in [5, 5.41) is 9.14. The van der Waals surface area contributed by atoms with Crippen LogP contribution in [0, 0.1) is 23.2 Å². The number of sulfone groups is 1. The van der Waals surface area contributed by atoms with Crippen LogP contribution >= 0.6 is 0 Å². The van der Waals surface area contributed by atoms with Crippen LogP contribution in [0.5, 0.6) is 0 Å². The van der Waals surface area contributed by atoms with Gasteiger partial charge in [-0.15, -0.1) is 0 Å². The first-order chi connectivity index (χ1) is 6.87. The molecule has 1 fully saturated rings. The Balaban J connectivity index is 3.00. The third-order valence-electron chi connectivity index (χ3n) is 3.33. The molecule has 1 saturated carbocycles. The lowest BCUT2D eigenvalue weighted by molar-refractivity contribution is 0.153. The lowest BCUT2D eigenvalue weighted by Gasteiger charge is -2.23. The van der Waals surface area contributed by atoms with Gasteiger partial charge in [0.05, 0.1) is 6.07 Å². The summed E-state index contributed by atoms with van der Waals surface area (Å²) in [6.07, 6.45) is 2.30. The molecule has 15 heavy (non-hydrogen) atoms. The van der Waals surface area contributed by atoms with Crippen molar-refractivity contribution in [2.24, 2.45) is 11.8 Å². The van der Waals surface area contributed by atoms with Gasteiger partial charge in [-0.2, -0.15) is 5.26 Å². The van der Waals surface area contributed by atoms with Gasteiger partial charge in [0.15, 0.2) is 14.6 Å². The first-order valence-electron chi connectivity index (χ1n) is 4.97. The average Bonchev–Trinajstić information content (AvgIpc) is 2.43. The van der Waals surface area contributed by atoms with E-state index in [1.165, 1.54) is 0 Å². The van der Waals surface area contributed by atoms with Crippen LogP contribution in [0.1, 0.15) is 19.8 Å². The molecule has 0 N–H and O–H groups in total. The van der Waals surface area contributed by atoms with E-state index in [0.29, 0.717) is 13.0 Å². The summed E-state index contributed by atoms with van der Waals surface area (Å²) < 4.78 is 27.2. The van der Waals surface area contributed by atoms with Crippen molar-refractivity contribution < 1.29 is 13.2 Å². The number of hydrogen-bond acceptors (Lipinski definition) is 4. The fourth-order valence-corrected chi connectivity index (χ4v) is 4.05. The fraction of sp³-hybridized carbons (Fsp3) is 0.900. The molecule has 0 radical (unpaired) electrons. The highest BCUT2D eigenvalue weighted by Crippen LogP contribution is 2.44. The van der Waals surface area contributed by atoms with Crippen LogP contribution in [0.3, 0.4) is 0 Å². The van der Waals surface area contributed by atoms with Gasteiger partial charge in [-0.3, -0.25) is 0 Å². The van der Waals surface area contributed by atoms with Crippen LogP contribution in [0.25, 0.3) is 0 Å². The van der Waals surface area contributed by atoms with Crippen LogP contribution in [-0.2, 0) is 14.6 Å². The van der Waals surface area contributed by atoms with E-state index in [4.69, 9.17) is 10.00 Å². The summed E-state index contributed by atoms with van der Waals surface area (Å²) in [4.78, 5) is 0. The van der Waals surface area contributed by atoms with Gasteiger partial charge in [0, 0.05) is 20.0 Å². The number of ether oxygens (including phenoxy) is 1. The van der Waals surface area contributed by atoms with E-state index in [1.54, 1.807) is 7.11 Å². The van der Waals surface area contributed by atoms with E-state index in [1.807, 2.05) is 13.0 Å². The summed E-state index contributed by atoms with van der Waals surface area (Å²) in [6, 6.07) is 2.01. The molecule has 1 aliphatic rings. The maximum Gasteiger partial charge on any atom is 0.166 e. The standard InChI is InChI=1S/C10H17NO3S/c1-8-4-9(6-14-2)5-10(8,7-11)15(3,12)13/h8-9H,4-6H2,1-3H3/t8-,9-,10+/m1/s1. The number of nitrogens with zero attached hydrogens (tertiary/aromatic N) is 1. The van der Waals surface area contributed by atoms with Gasteiger partial charge in [-0.05, 0) is 24.7 Å². The second kappa shape index (κ2) is 4.11. The van der Waals surface area contributed by atoms with Crippen molar-refractivity contribution in [1.29, 1.82) is 5.26 Å². The molecular formula is C10H17NO3S. The van der Waals surface area contributed by atoms with Crippen molar-refractivity contribution in [3.8, 4) is 6.07 Å². The molecule has 0 aromatic rings. The molecule has 4 nitrogen and oxygen atoms in total. The molecule has 0 aromatic carbocycles. The van der Waals surface area contributed by atoms with Crippen LogP contribution in [-0.4, -0.2) is 33.1 Å². The lowest BCUT2D eigenvalue weighted by atomic mass is 9.99. The normalized spacial score (nSPS) is 36.4. The van der Waals surface area contributed by atoms with Gasteiger partial charge in [-0.25, -0.2) is 8.42 Å². The zero-order valence-electron chi connectivity index (χ0n) is 9.36. The van der Waals surface area contributed by atoms with Crippen molar-refractivity contribution >= 4 is 9.84 Å². The van der Waals surface area contributed by atoms with Crippen LogP contribution in [0.2, 0.25) is 0 Å². The highest BCUT2D eigenvalue weighted by Gasteiger charge is 2.52. The molecule has 0 saturated heterocycles. The smallest absolute Gasteiger partial charge is 0.166 e. The number of nitriles is 1. The molecular weight excluding hydrogens is 214 g/mol. The topological polar surface area (TPSA) is 67.2 Å². The SMILES string of the molecule is COC[C@@H]1C[C@@H](C)[C@](C#N)(S(C)(=O)=O)C1. The number of methoxy groups -OCH3 is 1. The zero-order valence-corrected chi connectivity index (χ0v) is 10.2. The molecule has 0 spiro atoms. The Kier molecular flexibility index (Phi) is 3.41. The second-order valence-corrected chi connectivity index (χ2v) is 6.71. The molecule has 86 valence electrons. The van der Waals surface area contributed by atoms with Crippen molar-refractivity contribution in [3.63, 3.8) is 0 Å². The van der Waals surface area contributed by atoms with Gasteiger partial charge in [-0.1, -0.05) is 6.92 Å². The van der Waals surface area contributed by atoms with Crippen molar-refractivity contribution in [3.05, 3.63) is 0 Å². The highest BCUT2D eigenvalue weighted by atomic mass is 32.2. The minimum absolute atomic E-state index is 0.113. The quantitative estimate of drug-likeness (QED) is 0.726. The Morgan fingerprint density at radius 1 is 1.60 bits per heavy atom. The van der Waals surface area contributed by atoms with Crippen LogP contribution < -0.4 is 0 Å². The monoisotopic (exact) mass is 231 g/mol. The maximum absolute atomic E-state index is 11.7. The maximum atomic E-state index is 11.7. The van der Waals surface area contributed by atoms with Gasteiger partial charge in [0.1, 0.15) is 0 Å². The number of hydrogen-bond donors (Lipinski definition) is 0. The first-order valence-corrected chi connectivity index (χ1v) is 6.86. The van der Waals surface area contributed by atoms with E-state index in [9.17, 15) is 8.42 Å². The largest absolute Gasteiger partial charge is 0.384 e. The minimum atomic E-state index is -3.33. The zero-order chi connectivity index (χ0) is 11.7. The molecule has 3 atom stereocenters. The van der Waals surface area contributed by atoms with Crippen LogP contribution in [0.4, 0.5) is 0 Å². The molecule has 0 aliphatic heterocycles. The van der Waals surface area contributed by atoms with Crippen LogP contribution in [0.15, 0.2) is 0 Å². The summed E-state index contributed by atoms with van der Waals surface area (Å²) in [5.74, 6) is 0.0667. The molecule has 0 aromatic heterocycles. The summed E-state index contributed by atoms with van der Waals surface area (Å²) in [6.45, 7) is 2.36. The van der Waals surface area contributed by atoms with Gasteiger partial charge in [0.25, 0.3) is 0 Å². The summed E-state index contributed by atoms with van der Waals surface area (Å²) in [7, 11) is -1.74. The Labute approximate surface area is 91.1 Å². The fourth-order valence-electron chi connectivity index (χ4n) is 2.52. The van der Waals surface area contributed by atoms with Crippen molar-refractivity contribution in [2.75, 3.05) is 20.0 Å². The molecule has 1 aliphatic carbocycles. The van der Waals surface area contributed by atoms with Gasteiger partial charge in [0.2, 0.25) is 0 Å². The highest BCUT2D eigenvalue weighted by molar-refractivity contribution is 7.92. The second-order valence-electron chi connectivity index (χ2n) is 4.44. The Morgan fingerprint density at radius 3 is 2.53 bits per heavy atom. The molecule has 5 heteroatoms. The van der Waals surface area contributed by atoms with E-state index in [2.05, 4.69) is 0 Å². The molecule has 0 amide bonds. The molecule has 1 rings (SSSR count). The van der Waals surface area contributed by atoms with E-state index in [0.717, 1.165) is 12.7 Å². The predicted molar refractivity (Wildman–Crippen MR) is 57.0 cm³/mol. The van der Waals surface area contributed by atoms with Crippen molar-refractivity contribution in [2.45, 2.75) is 24.5 Å². The third kappa shape index (κ3) is 2.01. The van der Waals surface area contributed by atoms with E-state index < -0.39 is 14.6 Å². The third-order valence-corrected chi connectivity index (χ3v) is 5.31. The minimum Gasteiger partial charge on any atom is -0.384 e. The Morgan fingerprint density at radius 2 is 2.20 bits per heavy atom. The first kappa shape index (κ1) is 12.5. The molecule has 0 heterocycles. The number of rotatable bonds is 3. The van der Waals surface area contributed by atoms with Gasteiger partial charge < -0.3 is 4.74 Å². The Hall–Kier alpha value is -0.600. The van der Waals surface area contributed by atoms with E-state index in [-0.39, 0.29) is 11.8 Å². The van der Waals surface area contributed by atoms with Gasteiger partial charge >= 0.3 is 0 Å². The molecule has 0 unspecified atom stereocenters. The summed E-state index contributed by atoms with van der Waals surface area (Å²) >= 11 is 0. The van der Waals surface area contributed by atoms with E-state index >= 15 is 0 Å². The lowest BCUT2D eigenvalue weighted by Crippen LogP contribution is -2.39. The molecule has 0 bridgehead atoms. The average molecular weight is 231 g/mol. The Bertz CT molecular complexity index is 371.